The maximum atomic E-state index is 12.2. The second-order valence-corrected chi connectivity index (χ2v) is 6.71. The minimum absolute atomic E-state index is 0.200. The Balaban J connectivity index is 1.45. The Morgan fingerprint density at radius 2 is 2.12 bits per heavy atom. The molecule has 2 aromatic carbocycles. The number of benzene rings is 2. The molecule has 1 N–H and O–H groups in total. The molecule has 2 heterocycles. The summed E-state index contributed by atoms with van der Waals surface area (Å²) in [5.41, 5.74) is 3.19. The van der Waals surface area contributed by atoms with Crippen molar-refractivity contribution in [1.29, 1.82) is 0 Å². The van der Waals surface area contributed by atoms with Crippen LogP contribution in [-0.2, 0) is 13.0 Å². The molecule has 4 rings (SSSR count). The van der Waals surface area contributed by atoms with Gasteiger partial charge in [-0.3, -0.25) is 4.79 Å². The van der Waals surface area contributed by atoms with E-state index in [9.17, 15) is 4.79 Å². The standard InChI is InChI=1S/C20H17ClN2O3/c1-12-8-14-9-13(6-7-18(14)25-12)19-10-15(23-26-19)11-22-20(24)16-4-2-3-5-17(16)21/h2-7,9-10,12H,8,11H2,1H3,(H,22,24)/t12-/m1/s1. The number of amides is 1. The number of nitrogens with one attached hydrogen (secondary N) is 1. The van der Waals surface area contributed by atoms with Crippen LogP contribution in [0.1, 0.15) is 28.5 Å². The Morgan fingerprint density at radius 1 is 1.27 bits per heavy atom. The van der Waals surface area contributed by atoms with Crippen LogP contribution in [0, 0.1) is 0 Å². The van der Waals surface area contributed by atoms with Crippen LogP contribution in [0.4, 0.5) is 0 Å². The number of hydrogen-bond donors (Lipinski definition) is 1. The first kappa shape index (κ1) is 16.7. The Morgan fingerprint density at radius 3 is 2.96 bits per heavy atom. The second-order valence-electron chi connectivity index (χ2n) is 6.30. The Bertz CT molecular complexity index is 967. The van der Waals surface area contributed by atoms with Gasteiger partial charge in [-0.25, -0.2) is 0 Å². The van der Waals surface area contributed by atoms with Gasteiger partial charge in [-0.05, 0) is 42.8 Å². The highest BCUT2D eigenvalue weighted by molar-refractivity contribution is 6.33. The topological polar surface area (TPSA) is 64.4 Å². The predicted octanol–water partition coefficient (Wildman–Crippen LogP) is 4.25. The van der Waals surface area contributed by atoms with Gasteiger partial charge in [-0.15, -0.1) is 0 Å². The molecule has 1 amide bonds. The van der Waals surface area contributed by atoms with Gasteiger partial charge in [0.15, 0.2) is 5.76 Å². The van der Waals surface area contributed by atoms with Crippen molar-refractivity contribution in [3.8, 4) is 17.1 Å². The molecule has 6 heteroatoms. The van der Waals surface area contributed by atoms with Crippen molar-refractivity contribution >= 4 is 17.5 Å². The Hall–Kier alpha value is -2.79. The van der Waals surface area contributed by atoms with Crippen molar-refractivity contribution in [1.82, 2.24) is 10.5 Å². The van der Waals surface area contributed by atoms with Gasteiger partial charge in [-0.2, -0.15) is 0 Å². The number of ether oxygens (including phenoxy) is 1. The van der Waals surface area contributed by atoms with Gasteiger partial charge in [0.05, 0.1) is 17.1 Å². The van der Waals surface area contributed by atoms with E-state index in [1.54, 1.807) is 24.3 Å². The fourth-order valence-electron chi connectivity index (χ4n) is 3.02. The highest BCUT2D eigenvalue weighted by atomic mass is 35.5. The number of aromatic nitrogens is 1. The highest BCUT2D eigenvalue weighted by Gasteiger charge is 2.20. The van der Waals surface area contributed by atoms with Crippen molar-refractivity contribution in [3.63, 3.8) is 0 Å². The van der Waals surface area contributed by atoms with E-state index >= 15 is 0 Å². The Kier molecular flexibility index (Phi) is 4.39. The lowest BCUT2D eigenvalue weighted by Gasteiger charge is -2.04. The van der Waals surface area contributed by atoms with Crippen LogP contribution in [0.5, 0.6) is 5.75 Å². The molecule has 26 heavy (non-hydrogen) atoms. The summed E-state index contributed by atoms with van der Waals surface area (Å²) in [6, 6.07) is 14.7. The van der Waals surface area contributed by atoms with Gasteiger partial charge in [0.2, 0.25) is 0 Å². The van der Waals surface area contributed by atoms with Crippen molar-refractivity contribution < 1.29 is 14.1 Å². The van der Waals surface area contributed by atoms with E-state index in [1.165, 1.54) is 5.56 Å². The maximum Gasteiger partial charge on any atom is 0.253 e. The third-order valence-electron chi connectivity index (χ3n) is 4.29. The smallest absolute Gasteiger partial charge is 0.253 e. The number of fused-ring (bicyclic) bond motifs is 1. The average Bonchev–Trinajstić information content (AvgIpc) is 3.24. The van der Waals surface area contributed by atoms with E-state index in [1.807, 2.05) is 25.1 Å². The van der Waals surface area contributed by atoms with E-state index in [0.717, 1.165) is 17.7 Å². The van der Waals surface area contributed by atoms with Crippen LogP contribution in [0.15, 0.2) is 53.1 Å². The zero-order chi connectivity index (χ0) is 18.1. The molecule has 0 saturated carbocycles. The molecule has 0 bridgehead atoms. The molecule has 1 atom stereocenters. The number of carbonyl (C=O) groups is 1. The van der Waals surface area contributed by atoms with Crippen LogP contribution in [0.25, 0.3) is 11.3 Å². The van der Waals surface area contributed by atoms with E-state index in [4.69, 9.17) is 20.9 Å². The largest absolute Gasteiger partial charge is 0.490 e. The highest BCUT2D eigenvalue weighted by Crippen LogP contribution is 2.33. The number of halogens is 1. The van der Waals surface area contributed by atoms with Gasteiger partial charge in [0, 0.05) is 18.1 Å². The number of nitrogens with zero attached hydrogens (tertiary/aromatic N) is 1. The molecule has 0 aliphatic carbocycles. The lowest BCUT2D eigenvalue weighted by Crippen LogP contribution is -2.23. The average molecular weight is 369 g/mol. The third kappa shape index (κ3) is 3.30. The fraction of sp³-hybridized carbons (Fsp3) is 0.200. The first-order valence-corrected chi connectivity index (χ1v) is 8.76. The van der Waals surface area contributed by atoms with E-state index in [0.29, 0.717) is 22.0 Å². The number of hydrogen-bond acceptors (Lipinski definition) is 4. The lowest BCUT2D eigenvalue weighted by atomic mass is 10.1. The molecule has 1 aliphatic heterocycles. The molecule has 132 valence electrons. The molecule has 0 fully saturated rings. The molecule has 1 aliphatic rings. The van der Waals surface area contributed by atoms with Gasteiger partial charge in [-0.1, -0.05) is 28.9 Å². The van der Waals surface area contributed by atoms with Crippen molar-refractivity contribution in [3.05, 3.63) is 70.4 Å². The minimum atomic E-state index is -0.246. The summed E-state index contributed by atoms with van der Waals surface area (Å²) in [5.74, 6) is 1.34. The van der Waals surface area contributed by atoms with Gasteiger partial charge in [0.25, 0.3) is 5.91 Å². The summed E-state index contributed by atoms with van der Waals surface area (Å²) in [6.45, 7) is 2.31. The van der Waals surface area contributed by atoms with Crippen LogP contribution < -0.4 is 10.1 Å². The second kappa shape index (κ2) is 6.84. The first-order chi connectivity index (χ1) is 12.6. The van der Waals surface area contributed by atoms with Gasteiger partial charge < -0.3 is 14.6 Å². The van der Waals surface area contributed by atoms with Crippen LogP contribution >= 0.6 is 11.6 Å². The molecular weight excluding hydrogens is 352 g/mol. The first-order valence-electron chi connectivity index (χ1n) is 8.38. The summed E-state index contributed by atoms with van der Waals surface area (Å²) in [4.78, 5) is 12.2. The molecular formula is C20H17ClN2O3. The SMILES string of the molecule is C[C@@H]1Cc2cc(-c3cc(CNC(=O)c4ccccc4Cl)no3)ccc2O1. The van der Waals surface area contributed by atoms with E-state index in [-0.39, 0.29) is 18.6 Å². The van der Waals surface area contributed by atoms with E-state index in [2.05, 4.69) is 16.5 Å². The maximum absolute atomic E-state index is 12.2. The number of carbonyl (C=O) groups excluding carboxylic acids is 1. The summed E-state index contributed by atoms with van der Waals surface area (Å²) in [7, 11) is 0. The van der Waals surface area contributed by atoms with Crippen molar-refractivity contribution in [2.75, 3.05) is 0 Å². The van der Waals surface area contributed by atoms with E-state index < -0.39 is 0 Å². The quantitative estimate of drug-likeness (QED) is 0.747. The predicted molar refractivity (Wildman–Crippen MR) is 98.4 cm³/mol. The van der Waals surface area contributed by atoms with Crippen molar-refractivity contribution in [2.45, 2.75) is 26.0 Å². The van der Waals surface area contributed by atoms with Crippen LogP contribution in [-0.4, -0.2) is 17.2 Å². The molecule has 0 spiro atoms. The summed E-state index contributed by atoms with van der Waals surface area (Å²) < 4.78 is 11.1. The molecule has 5 nitrogen and oxygen atoms in total. The van der Waals surface area contributed by atoms with Crippen LogP contribution in [0.3, 0.4) is 0 Å². The van der Waals surface area contributed by atoms with Gasteiger partial charge in [0.1, 0.15) is 17.5 Å². The van der Waals surface area contributed by atoms with Gasteiger partial charge >= 0.3 is 0 Å². The molecule has 1 aromatic heterocycles. The zero-order valence-electron chi connectivity index (χ0n) is 14.2. The van der Waals surface area contributed by atoms with Crippen LogP contribution in [0.2, 0.25) is 5.02 Å². The van der Waals surface area contributed by atoms with Crippen molar-refractivity contribution in [2.24, 2.45) is 0 Å². The fourth-order valence-corrected chi connectivity index (χ4v) is 3.24. The molecule has 0 saturated heterocycles. The number of rotatable bonds is 4. The zero-order valence-corrected chi connectivity index (χ0v) is 14.9. The molecule has 0 radical (unpaired) electrons. The molecule has 3 aromatic rings. The summed E-state index contributed by atoms with van der Waals surface area (Å²) in [6.07, 6.45) is 1.09. The monoisotopic (exact) mass is 368 g/mol. The summed E-state index contributed by atoms with van der Waals surface area (Å²) >= 11 is 6.04. The lowest BCUT2D eigenvalue weighted by molar-refractivity contribution is 0.0950. The normalized spacial score (nSPS) is 15.4. The minimum Gasteiger partial charge on any atom is -0.490 e. The molecule has 0 unspecified atom stereocenters. The summed E-state index contributed by atoms with van der Waals surface area (Å²) in [5, 5.41) is 7.25. The Labute approximate surface area is 155 Å². The third-order valence-corrected chi connectivity index (χ3v) is 4.62.